The summed E-state index contributed by atoms with van der Waals surface area (Å²) in [5, 5.41) is 0. The maximum absolute atomic E-state index is 12.9. The Bertz CT molecular complexity index is 772. The van der Waals surface area contributed by atoms with Crippen molar-refractivity contribution in [2.45, 2.75) is 19.3 Å². The molecule has 0 saturated heterocycles. The van der Waals surface area contributed by atoms with Crippen LogP contribution in [0.2, 0.25) is 0 Å². The van der Waals surface area contributed by atoms with Crippen LogP contribution >= 0.6 is 0 Å². The summed E-state index contributed by atoms with van der Waals surface area (Å²) in [6.07, 6.45) is 3.07. The number of para-hydroxylation sites is 1. The van der Waals surface area contributed by atoms with Crippen molar-refractivity contribution in [1.82, 2.24) is 0 Å². The summed E-state index contributed by atoms with van der Waals surface area (Å²) in [5.74, 6) is 1.07. The van der Waals surface area contributed by atoms with Crippen LogP contribution in [0, 0.1) is 0 Å². The van der Waals surface area contributed by atoms with E-state index in [0.717, 1.165) is 43.8 Å². The molecule has 0 fully saturated rings. The van der Waals surface area contributed by atoms with Crippen molar-refractivity contribution in [2.75, 3.05) is 36.5 Å². The molecule has 0 saturated carbocycles. The summed E-state index contributed by atoms with van der Waals surface area (Å²) in [6, 6.07) is 14.4. The van der Waals surface area contributed by atoms with E-state index in [1.807, 2.05) is 23.1 Å². The number of carbonyl (C=O) groups excluding carboxylic acids is 1. The first kappa shape index (κ1) is 15.1. The Kier molecular flexibility index (Phi) is 3.89. The van der Waals surface area contributed by atoms with E-state index in [-0.39, 0.29) is 5.91 Å². The molecule has 24 heavy (non-hydrogen) atoms. The van der Waals surface area contributed by atoms with Crippen LogP contribution in [-0.4, -0.2) is 32.7 Å². The summed E-state index contributed by atoms with van der Waals surface area (Å²) >= 11 is 0. The predicted octanol–water partition coefficient (Wildman–Crippen LogP) is 3.04. The molecule has 0 spiro atoms. The molecule has 2 aromatic rings. The van der Waals surface area contributed by atoms with Gasteiger partial charge in [-0.05, 0) is 54.7 Å². The average molecular weight is 322 g/mol. The van der Waals surface area contributed by atoms with E-state index < -0.39 is 0 Å². The zero-order valence-corrected chi connectivity index (χ0v) is 14.0. The van der Waals surface area contributed by atoms with E-state index in [9.17, 15) is 4.79 Å². The van der Waals surface area contributed by atoms with Gasteiger partial charge in [0.15, 0.2) is 0 Å². The van der Waals surface area contributed by atoms with Crippen LogP contribution in [0.25, 0.3) is 0 Å². The van der Waals surface area contributed by atoms with Gasteiger partial charge in [0, 0.05) is 24.5 Å². The maximum atomic E-state index is 12.9. The van der Waals surface area contributed by atoms with Gasteiger partial charge in [0.05, 0.1) is 13.7 Å². The highest BCUT2D eigenvalue weighted by Gasteiger charge is 2.27. The average Bonchev–Trinajstić information content (AvgIpc) is 3.05. The van der Waals surface area contributed by atoms with Crippen molar-refractivity contribution in [1.29, 1.82) is 0 Å². The quantitative estimate of drug-likeness (QED) is 0.871. The Morgan fingerprint density at radius 2 is 1.92 bits per heavy atom. The Balaban J connectivity index is 1.54. The topological polar surface area (TPSA) is 32.8 Å². The van der Waals surface area contributed by atoms with Crippen LogP contribution in [-0.2, 0) is 17.6 Å². The molecule has 2 aliphatic rings. The monoisotopic (exact) mass is 322 g/mol. The van der Waals surface area contributed by atoms with Crippen molar-refractivity contribution < 1.29 is 9.53 Å². The summed E-state index contributed by atoms with van der Waals surface area (Å²) < 4.78 is 5.32. The second-order valence-corrected chi connectivity index (χ2v) is 6.44. The highest BCUT2D eigenvalue weighted by atomic mass is 16.5. The number of carbonyl (C=O) groups is 1. The summed E-state index contributed by atoms with van der Waals surface area (Å²) in [6.45, 7) is 2.16. The number of methoxy groups -OCH3 is 1. The van der Waals surface area contributed by atoms with Crippen LogP contribution in [0.4, 0.5) is 11.4 Å². The number of amides is 1. The van der Waals surface area contributed by atoms with E-state index >= 15 is 0 Å². The molecule has 0 bridgehead atoms. The molecule has 2 aromatic carbocycles. The number of ether oxygens (including phenoxy) is 1. The van der Waals surface area contributed by atoms with Crippen molar-refractivity contribution in [3.8, 4) is 5.75 Å². The molecule has 0 atom stereocenters. The van der Waals surface area contributed by atoms with E-state index in [4.69, 9.17) is 4.74 Å². The first-order chi connectivity index (χ1) is 11.8. The second-order valence-electron chi connectivity index (χ2n) is 6.44. The Labute approximate surface area is 142 Å². The lowest BCUT2D eigenvalue weighted by Gasteiger charge is -2.32. The lowest BCUT2D eigenvalue weighted by molar-refractivity contribution is -0.117. The largest absolute Gasteiger partial charge is 0.497 e. The van der Waals surface area contributed by atoms with E-state index in [1.165, 1.54) is 16.8 Å². The highest BCUT2D eigenvalue weighted by molar-refractivity contribution is 5.98. The van der Waals surface area contributed by atoms with E-state index in [2.05, 4.69) is 29.2 Å². The Morgan fingerprint density at radius 3 is 2.79 bits per heavy atom. The molecule has 2 heterocycles. The van der Waals surface area contributed by atoms with Crippen molar-refractivity contribution in [3.05, 3.63) is 53.6 Å². The van der Waals surface area contributed by atoms with Crippen LogP contribution in [0.1, 0.15) is 17.5 Å². The predicted molar refractivity (Wildman–Crippen MR) is 96.0 cm³/mol. The van der Waals surface area contributed by atoms with Gasteiger partial charge in [0.1, 0.15) is 5.75 Å². The first-order valence-electron chi connectivity index (χ1n) is 8.56. The summed E-state index contributed by atoms with van der Waals surface area (Å²) in [7, 11) is 1.69. The van der Waals surface area contributed by atoms with Crippen molar-refractivity contribution in [3.63, 3.8) is 0 Å². The minimum absolute atomic E-state index is 0.184. The van der Waals surface area contributed by atoms with Gasteiger partial charge in [-0.25, -0.2) is 0 Å². The number of fused-ring (bicyclic) bond motifs is 2. The lowest BCUT2D eigenvalue weighted by atomic mass is 10.0. The van der Waals surface area contributed by atoms with Gasteiger partial charge < -0.3 is 14.5 Å². The molecule has 4 nitrogen and oxygen atoms in total. The second kappa shape index (κ2) is 6.19. The first-order valence-corrected chi connectivity index (χ1v) is 8.56. The SMILES string of the molecule is COc1ccc2c(c1)CCCN2CC(=O)N1CCc2ccccc21. The minimum atomic E-state index is 0.184. The standard InChI is InChI=1S/C20H22N2O2/c1-24-17-8-9-18-16(13-17)6-4-11-21(18)14-20(23)22-12-10-15-5-2-3-7-19(15)22/h2-3,5,7-9,13H,4,6,10-12,14H2,1H3. The number of anilines is 2. The summed E-state index contributed by atoms with van der Waals surface area (Å²) in [5.41, 5.74) is 4.79. The molecule has 0 N–H and O–H groups in total. The Hall–Kier alpha value is -2.49. The van der Waals surface area contributed by atoms with Gasteiger partial charge in [0.25, 0.3) is 0 Å². The maximum Gasteiger partial charge on any atom is 0.246 e. The van der Waals surface area contributed by atoms with Crippen molar-refractivity contribution >= 4 is 17.3 Å². The molecule has 0 aliphatic carbocycles. The molecule has 124 valence electrons. The van der Waals surface area contributed by atoms with Crippen LogP contribution in [0.15, 0.2) is 42.5 Å². The smallest absolute Gasteiger partial charge is 0.246 e. The van der Waals surface area contributed by atoms with E-state index in [1.54, 1.807) is 7.11 Å². The zero-order chi connectivity index (χ0) is 16.5. The minimum Gasteiger partial charge on any atom is -0.497 e. The molecule has 0 unspecified atom stereocenters. The molecular formula is C20H22N2O2. The number of hydrogen-bond acceptors (Lipinski definition) is 3. The number of rotatable bonds is 3. The highest BCUT2D eigenvalue weighted by Crippen LogP contribution is 2.32. The number of hydrogen-bond donors (Lipinski definition) is 0. The van der Waals surface area contributed by atoms with Gasteiger partial charge in [-0.3, -0.25) is 4.79 Å². The molecule has 4 heteroatoms. The molecule has 1 amide bonds. The van der Waals surface area contributed by atoms with Crippen LogP contribution < -0.4 is 14.5 Å². The fourth-order valence-electron chi connectivity index (χ4n) is 3.79. The third-order valence-corrected chi connectivity index (χ3v) is 5.02. The normalized spacial score (nSPS) is 15.9. The van der Waals surface area contributed by atoms with Gasteiger partial charge in [-0.2, -0.15) is 0 Å². The molecule has 0 aromatic heterocycles. The third-order valence-electron chi connectivity index (χ3n) is 5.02. The zero-order valence-electron chi connectivity index (χ0n) is 14.0. The Morgan fingerprint density at radius 1 is 1.04 bits per heavy atom. The number of nitrogens with zero attached hydrogens (tertiary/aromatic N) is 2. The summed E-state index contributed by atoms with van der Waals surface area (Å²) in [4.78, 5) is 17.0. The van der Waals surface area contributed by atoms with Crippen molar-refractivity contribution in [2.24, 2.45) is 0 Å². The fraction of sp³-hybridized carbons (Fsp3) is 0.350. The third kappa shape index (κ3) is 2.62. The molecule has 2 aliphatic heterocycles. The molecule has 0 radical (unpaired) electrons. The van der Waals surface area contributed by atoms with Crippen LogP contribution in [0.3, 0.4) is 0 Å². The molecular weight excluding hydrogens is 300 g/mol. The van der Waals surface area contributed by atoms with Gasteiger partial charge >= 0.3 is 0 Å². The van der Waals surface area contributed by atoms with Gasteiger partial charge in [-0.15, -0.1) is 0 Å². The number of benzene rings is 2. The van der Waals surface area contributed by atoms with E-state index in [0.29, 0.717) is 6.54 Å². The van der Waals surface area contributed by atoms with Crippen LogP contribution in [0.5, 0.6) is 5.75 Å². The van der Waals surface area contributed by atoms with Gasteiger partial charge in [0.2, 0.25) is 5.91 Å². The lowest BCUT2D eigenvalue weighted by Crippen LogP contribution is -2.41. The fourth-order valence-corrected chi connectivity index (χ4v) is 3.79. The molecule has 4 rings (SSSR count). The number of aryl methyl sites for hydroxylation is 1. The van der Waals surface area contributed by atoms with Gasteiger partial charge in [-0.1, -0.05) is 18.2 Å².